The van der Waals surface area contributed by atoms with Crippen molar-refractivity contribution >= 4 is 28.7 Å². The standard InChI is InChI=1S/C25H23NO3S/c1-29-19-13-11-18(12-14-19)23(27)10-4-5-15-25(17-20-7-6-16-30-20)21-8-2-3-9-22(21)26-24(25)28/h2-9,11-14,16H,10,15,17H2,1H3,(H,26,28)/b5-4+/t25-/m0/s1. The minimum absolute atomic E-state index is 0.0169. The maximum absolute atomic E-state index is 13.1. The van der Waals surface area contributed by atoms with Crippen molar-refractivity contribution in [3.8, 4) is 5.75 Å². The molecule has 152 valence electrons. The van der Waals surface area contributed by atoms with Crippen molar-refractivity contribution in [2.75, 3.05) is 12.4 Å². The Morgan fingerprint density at radius 3 is 2.60 bits per heavy atom. The Hall–Kier alpha value is -3.18. The van der Waals surface area contributed by atoms with Crippen molar-refractivity contribution < 1.29 is 14.3 Å². The van der Waals surface area contributed by atoms with E-state index in [1.807, 2.05) is 47.9 Å². The van der Waals surface area contributed by atoms with E-state index in [0.717, 1.165) is 17.0 Å². The van der Waals surface area contributed by atoms with Crippen LogP contribution < -0.4 is 10.1 Å². The Labute approximate surface area is 180 Å². The van der Waals surface area contributed by atoms with Crippen LogP contribution in [0.25, 0.3) is 0 Å². The van der Waals surface area contributed by atoms with Gasteiger partial charge in [-0.25, -0.2) is 0 Å². The molecule has 1 amide bonds. The van der Waals surface area contributed by atoms with Crippen molar-refractivity contribution in [3.63, 3.8) is 0 Å². The van der Waals surface area contributed by atoms with Crippen molar-refractivity contribution in [2.45, 2.75) is 24.7 Å². The molecule has 0 fully saturated rings. The molecule has 1 aliphatic rings. The highest BCUT2D eigenvalue weighted by atomic mass is 32.1. The third-order valence-corrected chi connectivity index (χ3v) is 6.41. The molecule has 3 aromatic rings. The van der Waals surface area contributed by atoms with Gasteiger partial charge in [0.15, 0.2) is 5.78 Å². The highest BCUT2D eigenvalue weighted by Crippen LogP contribution is 2.43. The minimum Gasteiger partial charge on any atom is -0.497 e. The number of para-hydroxylation sites is 1. The summed E-state index contributed by atoms with van der Waals surface area (Å²) in [6, 6.07) is 19.1. The second-order valence-corrected chi connectivity index (χ2v) is 8.40. The second-order valence-electron chi connectivity index (χ2n) is 7.37. The van der Waals surface area contributed by atoms with Crippen molar-refractivity contribution in [3.05, 3.63) is 94.2 Å². The summed E-state index contributed by atoms with van der Waals surface area (Å²) in [6.07, 6.45) is 5.33. The SMILES string of the molecule is COc1ccc(C(=O)C/C=C/C[C@@]2(Cc3cccs3)C(=O)Nc3ccccc32)cc1. The lowest BCUT2D eigenvalue weighted by atomic mass is 9.75. The van der Waals surface area contributed by atoms with Crippen LogP contribution in [0.1, 0.15) is 33.6 Å². The van der Waals surface area contributed by atoms with Gasteiger partial charge >= 0.3 is 0 Å². The van der Waals surface area contributed by atoms with E-state index in [4.69, 9.17) is 4.74 Å². The van der Waals surface area contributed by atoms with E-state index < -0.39 is 5.41 Å². The molecule has 0 radical (unpaired) electrons. The predicted octanol–water partition coefficient (Wildman–Crippen LogP) is 5.41. The summed E-state index contributed by atoms with van der Waals surface area (Å²) in [7, 11) is 1.60. The van der Waals surface area contributed by atoms with E-state index in [9.17, 15) is 9.59 Å². The minimum atomic E-state index is -0.652. The van der Waals surface area contributed by atoms with Crippen molar-refractivity contribution in [2.24, 2.45) is 0 Å². The summed E-state index contributed by atoms with van der Waals surface area (Å²) >= 11 is 1.66. The Kier molecular flexibility index (Phi) is 5.81. The van der Waals surface area contributed by atoms with Crippen LogP contribution >= 0.6 is 11.3 Å². The quantitative estimate of drug-likeness (QED) is 0.394. The predicted molar refractivity (Wildman–Crippen MR) is 120 cm³/mol. The molecule has 0 saturated heterocycles. The van der Waals surface area contributed by atoms with E-state index in [1.165, 1.54) is 4.88 Å². The number of allylic oxidation sites excluding steroid dienone is 2. The summed E-state index contributed by atoms with van der Waals surface area (Å²) in [5.74, 6) is 0.782. The zero-order valence-corrected chi connectivity index (χ0v) is 17.6. The molecule has 2 aromatic carbocycles. The zero-order chi connectivity index (χ0) is 21.0. The molecular formula is C25H23NO3S. The van der Waals surface area contributed by atoms with Gasteiger partial charge < -0.3 is 10.1 Å². The summed E-state index contributed by atoms with van der Waals surface area (Å²) in [5, 5.41) is 5.07. The highest BCUT2D eigenvalue weighted by Gasteiger charge is 2.45. The Morgan fingerprint density at radius 1 is 1.07 bits per heavy atom. The zero-order valence-electron chi connectivity index (χ0n) is 16.8. The van der Waals surface area contributed by atoms with Gasteiger partial charge in [0.05, 0.1) is 12.5 Å². The molecule has 0 saturated carbocycles. The van der Waals surface area contributed by atoms with Gasteiger partial charge in [0.25, 0.3) is 0 Å². The first-order chi connectivity index (χ1) is 14.6. The Bertz CT molecular complexity index is 1070. The largest absolute Gasteiger partial charge is 0.497 e. The first kappa shape index (κ1) is 20.1. The summed E-state index contributed by atoms with van der Waals surface area (Å²) in [4.78, 5) is 26.7. The van der Waals surface area contributed by atoms with Crippen LogP contribution in [0.15, 0.2) is 78.2 Å². The molecule has 0 unspecified atom stereocenters. The molecule has 0 aliphatic carbocycles. The van der Waals surface area contributed by atoms with Crippen LogP contribution in [0, 0.1) is 0 Å². The van der Waals surface area contributed by atoms with Crippen LogP contribution in [0.2, 0.25) is 0 Å². The average Bonchev–Trinajstić information content (AvgIpc) is 3.38. The molecular weight excluding hydrogens is 394 g/mol. The monoisotopic (exact) mass is 417 g/mol. The summed E-state index contributed by atoms with van der Waals surface area (Å²) < 4.78 is 5.13. The Morgan fingerprint density at radius 2 is 1.87 bits per heavy atom. The lowest BCUT2D eigenvalue weighted by molar-refractivity contribution is -0.120. The first-order valence-electron chi connectivity index (χ1n) is 9.88. The molecule has 2 heterocycles. The number of rotatable bonds is 8. The van der Waals surface area contributed by atoms with Crippen molar-refractivity contribution in [1.29, 1.82) is 0 Å². The molecule has 0 spiro atoms. The second kappa shape index (κ2) is 8.67. The fourth-order valence-electron chi connectivity index (χ4n) is 3.90. The van der Waals surface area contributed by atoms with E-state index in [2.05, 4.69) is 11.4 Å². The topological polar surface area (TPSA) is 55.4 Å². The van der Waals surface area contributed by atoms with Gasteiger partial charge in [-0.3, -0.25) is 9.59 Å². The van der Waals surface area contributed by atoms with Crippen LogP contribution in [0.3, 0.4) is 0 Å². The van der Waals surface area contributed by atoms with Gasteiger partial charge in [0.2, 0.25) is 5.91 Å². The number of nitrogens with one attached hydrogen (secondary N) is 1. The Balaban J connectivity index is 1.51. The molecule has 1 aliphatic heterocycles. The molecule has 4 nitrogen and oxygen atoms in total. The molecule has 4 rings (SSSR count). The first-order valence-corrected chi connectivity index (χ1v) is 10.8. The number of fused-ring (bicyclic) bond motifs is 1. The number of anilines is 1. The summed E-state index contributed by atoms with van der Waals surface area (Å²) in [6.45, 7) is 0. The van der Waals surface area contributed by atoms with E-state index in [-0.39, 0.29) is 11.7 Å². The number of carbonyl (C=O) groups is 2. The number of ether oxygens (including phenoxy) is 1. The smallest absolute Gasteiger partial charge is 0.235 e. The van der Waals surface area contributed by atoms with Crippen LogP contribution in [0.4, 0.5) is 5.69 Å². The van der Waals surface area contributed by atoms with Gasteiger partial charge in [-0.05, 0) is 53.8 Å². The molecule has 1 aromatic heterocycles. The van der Waals surface area contributed by atoms with Gasteiger partial charge in [-0.1, -0.05) is 36.4 Å². The van der Waals surface area contributed by atoms with E-state index in [0.29, 0.717) is 24.8 Å². The maximum atomic E-state index is 13.1. The molecule has 1 atom stereocenters. The van der Waals surface area contributed by atoms with Crippen LogP contribution in [0.5, 0.6) is 5.75 Å². The molecule has 1 N–H and O–H groups in total. The van der Waals surface area contributed by atoms with Crippen LogP contribution in [-0.4, -0.2) is 18.8 Å². The van der Waals surface area contributed by atoms with Gasteiger partial charge in [0, 0.05) is 29.0 Å². The molecule has 30 heavy (non-hydrogen) atoms. The lowest BCUT2D eigenvalue weighted by Crippen LogP contribution is -2.36. The third-order valence-electron chi connectivity index (χ3n) is 5.53. The third kappa shape index (κ3) is 3.94. The lowest BCUT2D eigenvalue weighted by Gasteiger charge is -2.25. The van der Waals surface area contributed by atoms with Crippen LogP contribution in [-0.2, 0) is 16.6 Å². The number of methoxy groups -OCH3 is 1. The number of thiophene rings is 1. The number of benzene rings is 2. The molecule has 5 heteroatoms. The van der Waals surface area contributed by atoms with Gasteiger partial charge in [-0.15, -0.1) is 11.3 Å². The molecule has 0 bridgehead atoms. The average molecular weight is 418 g/mol. The fourth-order valence-corrected chi connectivity index (χ4v) is 4.72. The summed E-state index contributed by atoms with van der Waals surface area (Å²) in [5.41, 5.74) is 1.90. The normalized spacial score (nSPS) is 17.7. The number of hydrogen-bond acceptors (Lipinski definition) is 4. The van der Waals surface area contributed by atoms with Gasteiger partial charge in [-0.2, -0.15) is 0 Å². The number of carbonyl (C=O) groups excluding carboxylic acids is 2. The van der Waals surface area contributed by atoms with E-state index >= 15 is 0 Å². The number of Topliss-reactive ketones (excluding diaryl/α,β-unsaturated/α-hetero) is 1. The van der Waals surface area contributed by atoms with E-state index in [1.54, 1.807) is 42.7 Å². The number of hydrogen-bond donors (Lipinski definition) is 1. The number of ketones is 1. The fraction of sp³-hybridized carbons (Fsp3) is 0.200. The number of amides is 1. The van der Waals surface area contributed by atoms with Crippen molar-refractivity contribution in [1.82, 2.24) is 0 Å². The highest BCUT2D eigenvalue weighted by molar-refractivity contribution is 7.09. The van der Waals surface area contributed by atoms with Gasteiger partial charge in [0.1, 0.15) is 5.75 Å². The maximum Gasteiger partial charge on any atom is 0.235 e.